The lowest BCUT2D eigenvalue weighted by Crippen LogP contribution is -2.50. The van der Waals surface area contributed by atoms with E-state index in [1.54, 1.807) is 48.9 Å². The zero-order chi connectivity index (χ0) is 25.7. The Morgan fingerprint density at radius 3 is 2.58 bits per heavy atom. The van der Waals surface area contributed by atoms with E-state index in [-0.39, 0.29) is 17.4 Å². The Hall–Kier alpha value is -3.85. The summed E-state index contributed by atoms with van der Waals surface area (Å²) < 4.78 is 12.3. The number of hydrogen-bond donors (Lipinski definition) is 1. The van der Waals surface area contributed by atoms with Gasteiger partial charge in [-0.1, -0.05) is 18.2 Å². The van der Waals surface area contributed by atoms with Crippen molar-refractivity contribution >= 4 is 6.09 Å². The molecule has 36 heavy (non-hydrogen) atoms. The molecule has 1 fully saturated rings. The fraction of sp³-hybridized carbons (Fsp3) is 0.370. The number of carbonyl (C=O) groups excluding carboxylic acids is 1. The number of methoxy groups -OCH3 is 1. The molecule has 0 aliphatic carbocycles. The molecule has 1 N–H and O–H groups in total. The predicted molar refractivity (Wildman–Crippen MR) is 135 cm³/mol. The summed E-state index contributed by atoms with van der Waals surface area (Å²) in [7, 11) is 1.59. The standard InChI is InChI=1S/C27H32N4O5/c1-4-36-27(34)30-13-11-29(12-14-30)25(21-8-5-9-22(16-21)35-3)24-23(32)15-19(2)31(26(24)33)18-20-7-6-10-28-17-20/h5-10,15-17,25,32H,4,11-14,18H2,1-3H3/t25-/m0/s1. The van der Waals surface area contributed by atoms with Crippen LogP contribution in [0.2, 0.25) is 0 Å². The molecule has 4 rings (SSSR count). The molecular formula is C27H32N4O5. The average molecular weight is 493 g/mol. The van der Waals surface area contributed by atoms with Gasteiger partial charge < -0.3 is 24.0 Å². The van der Waals surface area contributed by atoms with E-state index in [0.29, 0.717) is 56.3 Å². The van der Waals surface area contributed by atoms with Crippen molar-refractivity contribution in [3.05, 3.63) is 87.6 Å². The normalized spacial score (nSPS) is 14.9. The zero-order valence-corrected chi connectivity index (χ0v) is 20.9. The van der Waals surface area contributed by atoms with Gasteiger partial charge in [0.15, 0.2) is 0 Å². The lowest BCUT2D eigenvalue weighted by atomic mass is 9.95. The predicted octanol–water partition coefficient (Wildman–Crippen LogP) is 3.18. The molecule has 9 heteroatoms. The summed E-state index contributed by atoms with van der Waals surface area (Å²) in [5.41, 5.74) is 2.39. The van der Waals surface area contributed by atoms with Crippen molar-refractivity contribution in [1.82, 2.24) is 19.4 Å². The Morgan fingerprint density at radius 1 is 1.14 bits per heavy atom. The van der Waals surface area contributed by atoms with Gasteiger partial charge in [-0.05, 0) is 49.2 Å². The summed E-state index contributed by atoms with van der Waals surface area (Å²) in [4.78, 5) is 34.1. The van der Waals surface area contributed by atoms with Gasteiger partial charge in [0, 0.05) is 44.3 Å². The third-order valence-electron chi connectivity index (χ3n) is 6.47. The van der Waals surface area contributed by atoms with E-state index < -0.39 is 6.04 Å². The van der Waals surface area contributed by atoms with E-state index in [4.69, 9.17) is 9.47 Å². The molecule has 0 saturated carbocycles. The Morgan fingerprint density at radius 2 is 1.92 bits per heavy atom. The van der Waals surface area contributed by atoms with Crippen LogP contribution >= 0.6 is 0 Å². The van der Waals surface area contributed by atoms with Gasteiger partial charge in [0.1, 0.15) is 11.5 Å². The summed E-state index contributed by atoms with van der Waals surface area (Å²) in [5, 5.41) is 11.1. The molecule has 1 amide bonds. The molecule has 1 aliphatic heterocycles. The van der Waals surface area contributed by atoms with Crippen LogP contribution in [0.4, 0.5) is 4.79 Å². The maximum absolute atomic E-state index is 13.9. The van der Waals surface area contributed by atoms with E-state index in [2.05, 4.69) is 9.88 Å². The van der Waals surface area contributed by atoms with Gasteiger partial charge in [0.25, 0.3) is 5.56 Å². The third kappa shape index (κ3) is 5.36. The van der Waals surface area contributed by atoms with Crippen LogP contribution in [0, 0.1) is 6.92 Å². The Balaban J connectivity index is 1.76. The number of benzene rings is 1. The molecule has 1 aliphatic rings. The van der Waals surface area contributed by atoms with Crippen LogP contribution in [0.3, 0.4) is 0 Å². The van der Waals surface area contributed by atoms with Crippen LogP contribution in [-0.4, -0.2) is 70.4 Å². The number of hydrogen-bond acceptors (Lipinski definition) is 7. The Labute approximate surface area is 210 Å². The molecule has 0 bridgehead atoms. The monoisotopic (exact) mass is 492 g/mol. The first kappa shape index (κ1) is 25.2. The molecule has 9 nitrogen and oxygen atoms in total. The molecule has 0 unspecified atom stereocenters. The van der Waals surface area contributed by atoms with Crippen molar-refractivity contribution in [3.8, 4) is 11.5 Å². The molecule has 1 atom stereocenters. The van der Waals surface area contributed by atoms with Crippen LogP contribution < -0.4 is 10.3 Å². The minimum atomic E-state index is -0.530. The van der Waals surface area contributed by atoms with Crippen LogP contribution in [0.25, 0.3) is 0 Å². The van der Waals surface area contributed by atoms with E-state index in [1.165, 1.54) is 0 Å². The van der Waals surface area contributed by atoms with Crippen molar-refractivity contribution in [1.29, 1.82) is 0 Å². The first-order valence-corrected chi connectivity index (χ1v) is 12.0. The smallest absolute Gasteiger partial charge is 0.409 e. The summed E-state index contributed by atoms with van der Waals surface area (Å²) in [6, 6.07) is 12.4. The van der Waals surface area contributed by atoms with Gasteiger partial charge in [0.2, 0.25) is 0 Å². The molecule has 0 radical (unpaired) electrons. The van der Waals surface area contributed by atoms with E-state index in [0.717, 1.165) is 11.1 Å². The quantitative estimate of drug-likeness (QED) is 0.541. The fourth-order valence-corrected chi connectivity index (χ4v) is 4.65. The summed E-state index contributed by atoms with van der Waals surface area (Å²) in [5.74, 6) is 0.602. The van der Waals surface area contributed by atoms with E-state index in [1.807, 2.05) is 36.4 Å². The van der Waals surface area contributed by atoms with Gasteiger partial charge in [-0.15, -0.1) is 0 Å². The summed E-state index contributed by atoms with van der Waals surface area (Å²) in [6.45, 7) is 6.17. The maximum Gasteiger partial charge on any atom is 0.409 e. The lowest BCUT2D eigenvalue weighted by molar-refractivity contribution is 0.0709. The highest BCUT2D eigenvalue weighted by Crippen LogP contribution is 2.34. The fourth-order valence-electron chi connectivity index (χ4n) is 4.65. The van der Waals surface area contributed by atoms with Crippen molar-refractivity contribution in [2.24, 2.45) is 0 Å². The number of rotatable bonds is 7. The van der Waals surface area contributed by atoms with E-state index in [9.17, 15) is 14.7 Å². The molecular weight excluding hydrogens is 460 g/mol. The van der Waals surface area contributed by atoms with Gasteiger partial charge in [-0.3, -0.25) is 14.7 Å². The lowest BCUT2D eigenvalue weighted by Gasteiger charge is -2.39. The van der Waals surface area contributed by atoms with Crippen LogP contribution in [0.5, 0.6) is 11.5 Å². The van der Waals surface area contributed by atoms with Crippen molar-refractivity contribution in [2.45, 2.75) is 26.4 Å². The second-order valence-corrected chi connectivity index (χ2v) is 8.74. The van der Waals surface area contributed by atoms with E-state index >= 15 is 0 Å². The molecule has 1 aromatic carbocycles. The number of aryl methyl sites for hydroxylation is 1. The topological polar surface area (TPSA) is 97.1 Å². The number of piperazine rings is 1. The van der Waals surface area contributed by atoms with Gasteiger partial charge in [-0.2, -0.15) is 0 Å². The second-order valence-electron chi connectivity index (χ2n) is 8.74. The number of pyridine rings is 2. The molecule has 2 aromatic heterocycles. The van der Waals surface area contributed by atoms with Crippen LogP contribution in [0.1, 0.15) is 35.3 Å². The number of carbonyl (C=O) groups is 1. The van der Waals surface area contributed by atoms with Crippen molar-refractivity contribution in [2.75, 3.05) is 39.9 Å². The van der Waals surface area contributed by atoms with Gasteiger partial charge >= 0.3 is 6.09 Å². The molecule has 0 spiro atoms. The molecule has 190 valence electrons. The van der Waals surface area contributed by atoms with Crippen LogP contribution in [-0.2, 0) is 11.3 Å². The molecule has 1 saturated heterocycles. The number of amides is 1. The minimum Gasteiger partial charge on any atom is -0.507 e. The highest BCUT2D eigenvalue weighted by Gasteiger charge is 2.33. The van der Waals surface area contributed by atoms with Crippen molar-refractivity contribution < 1.29 is 19.4 Å². The maximum atomic E-state index is 13.9. The number of aromatic nitrogens is 2. The zero-order valence-electron chi connectivity index (χ0n) is 20.9. The van der Waals surface area contributed by atoms with Crippen molar-refractivity contribution in [3.63, 3.8) is 0 Å². The molecule has 3 aromatic rings. The highest BCUT2D eigenvalue weighted by atomic mass is 16.6. The van der Waals surface area contributed by atoms with Crippen LogP contribution in [0.15, 0.2) is 59.7 Å². The van der Waals surface area contributed by atoms with Gasteiger partial charge in [-0.25, -0.2) is 4.79 Å². The minimum absolute atomic E-state index is 0.0550. The summed E-state index contributed by atoms with van der Waals surface area (Å²) >= 11 is 0. The highest BCUT2D eigenvalue weighted by molar-refractivity contribution is 5.67. The average Bonchev–Trinajstić information content (AvgIpc) is 2.90. The third-order valence-corrected chi connectivity index (χ3v) is 6.47. The first-order chi connectivity index (χ1) is 17.4. The summed E-state index contributed by atoms with van der Waals surface area (Å²) in [6.07, 6.45) is 3.08. The SMILES string of the molecule is CCOC(=O)N1CCN([C@@H](c2cccc(OC)c2)c2c(O)cc(C)n(Cc3cccnc3)c2=O)CC1. The number of aromatic hydroxyl groups is 1. The van der Waals surface area contributed by atoms with Gasteiger partial charge in [0.05, 0.1) is 31.9 Å². The second kappa shape index (κ2) is 11.3. The largest absolute Gasteiger partial charge is 0.507 e. The number of ether oxygens (including phenoxy) is 2. The first-order valence-electron chi connectivity index (χ1n) is 12.0. The Bertz CT molecular complexity index is 1250. The number of nitrogens with zero attached hydrogens (tertiary/aromatic N) is 4. The Kier molecular flexibility index (Phi) is 7.90. The molecule has 3 heterocycles.